The van der Waals surface area contributed by atoms with Crippen LogP contribution in [0.1, 0.15) is 51.0 Å². The molecule has 1 aromatic rings. The normalized spacial score (nSPS) is 10.5. The highest BCUT2D eigenvalue weighted by atomic mass is 16.5. The molecule has 0 saturated heterocycles. The Bertz CT molecular complexity index is 319. The van der Waals surface area contributed by atoms with E-state index in [4.69, 9.17) is 4.74 Å². The van der Waals surface area contributed by atoms with Crippen molar-refractivity contribution in [3.8, 4) is 0 Å². The Labute approximate surface area is 110 Å². The van der Waals surface area contributed by atoms with Crippen molar-refractivity contribution in [3.63, 3.8) is 0 Å². The third kappa shape index (κ3) is 7.23. The first-order valence-corrected chi connectivity index (χ1v) is 6.96. The van der Waals surface area contributed by atoms with E-state index in [1.807, 2.05) is 18.2 Å². The number of carbonyl (C=O) groups excluding carboxylic acids is 1. The van der Waals surface area contributed by atoms with Gasteiger partial charge in [0.15, 0.2) is 0 Å². The van der Waals surface area contributed by atoms with Crippen molar-refractivity contribution in [2.75, 3.05) is 6.61 Å². The molecule has 0 fully saturated rings. The number of ether oxygens (including phenoxy) is 1. The van der Waals surface area contributed by atoms with Gasteiger partial charge in [-0.15, -0.1) is 0 Å². The number of carbonyl (C=O) groups is 1. The number of rotatable bonds is 10. The zero-order valence-corrected chi connectivity index (χ0v) is 11.4. The number of hydrogen-bond acceptors (Lipinski definition) is 2. The number of benzene rings is 1. The van der Waals surface area contributed by atoms with Crippen LogP contribution >= 0.6 is 0 Å². The zero-order chi connectivity index (χ0) is 13.1. The molecule has 1 rings (SSSR count). The lowest BCUT2D eigenvalue weighted by Gasteiger charge is -2.04. The van der Waals surface area contributed by atoms with Crippen LogP contribution in [0.2, 0.25) is 0 Å². The summed E-state index contributed by atoms with van der Waals surface area (Å²) >= 11 is 0. The second-order valence-corrected chi connectivity index (χ2v) is 4.64. The van der Waals surface area contributed by atoms with Gasteiger partial charge in [0, 0.05) is 19.4 Å². The predicted molar refractivity (Wildman–Crippen MR) is 74.5 cm³/mol. The van der Waals surface area contributed by atoms with Gasteiger partial charge in [0.05, 0.1) is 6.61 Å². The number of Topliss-reactive ketones (excluding diaryl/α,β-unsaturated/α-hetero) is 1. The van der Waals surface area contributed by atoms with Crippen molar-refractivity contribution < 1.29 is 9.53 Å². The maximum absolute atomic E-state index is 11.5. The molecule has 18 heavy (non-hydrogen) atoms. The molecule has 0 amide bonds. The first-order valence-electron chi connectivity index (χ1n) is 6.96. The molecule has 0 N–H and O–H groups in total. The number of unbranched alkanes of at least 4 members (excludes halogenated alkanes) is 2. The van der Waals surface area contributed by atoms with Gasteiger partial charge in [-0.2, -0.15) is 0 Å². The van der Waals surface area contributed by atoms with Crippen LogP contribution in [0.15, 0.2) is 30.3 Å². The summed E-state index contributed by atoms with van der Waals surface area (Å²) in [7, 11) is 0. The fourth-order valence-corrected chi connectivity index (χ4v) is 1.83. The lowest BCUT2D eigenvalue weighted by Crippen LogP contribution is -2.01. The van der Waals surface area contributed by atoms with E-state index in [9.17, 15) is 4.79 Å². The van der Waals surface area contributed by atoms with Crippen LogP contribution in [0.5, 0.6) is 0 Å². The second-order valence-electron chi connectivity index (χ2n) is 4.64. The van der Waals surface area contributed by atoms with Crippen molar-refractivity contribution >= 4 is 5.78 Å². The highest BCUT2D eigenvalue weighted by molar-refractivity contribution is 5.78. The van der Waals surface area contributed by atoms with Gasteiger partial charge < -0.3 is 4.74 Å². The molecule has 0 heterocycles. The van der Waals surface area contributed by atoms with Gasteiger partial charge in [-0.3, -0.25) is 4.79 Å². The van der Waals surface area contributed by atoms with E-state index >= 15 is 0 Å². The molecule has 100 valence electrons. The molecule has 0 aliphatic rings. The van der Waals surface area contributed by atoms with Gasteiger partial charge in [0.25, 0.3) is 0 Å². The van der Waals surface area contributed by atoms with Crippen LogP contribution in [0.3, 0.4) is 0 Å². The summed E-state index contributed by atoms with van der Waals surface area (Å²) in [6, 6.07) is 10.1. The summed E-state index contributed by atoms with van der Waals surface area (Å²) in [6.45, 7) is 3.47. The van der Waals surface area contributed by atoms with E-state index < -0.39 is 0 Å². The monoisotopic (exact) mass is 248 g/mol. The van der Waals surface area contributed by atoms with Crippen LogP contribution in [0.25, 0.3) is 0 Å². The third-order valence-corrected chi connectivity index (χ3v) is 2.92. The molecule has 0 aromatic heterocycles. The molecule has 2 heteroatoms. The van der Waals surface area contributed by atoms with Crippen LogP contribution in [0, 0.1) is 0 Å². The summed E-state index contributed by atoms with van der Waals surface area (Å²) in [5.41, 5.74) is 1.19. The lowest BCUT2D eigenvalue weighted by molar-refractivity contribution is -0.119. The number of ketones is 1. The minimum atomic E-state index is 0.381. The average molecular weight is 248 g/mol. The molecule has 0 atom stereocenters. The first-order chi connectivity index (χ1) is 8.83. The quantitative estimate of drug-likeness (QED) is 0.582. The van der Waals surface area contributed by atoms with Crippen LogP contribution in [-0.4, -0.2) is 12.4 Å². The second kappa shape index (κ2) is 9.84. The highest BCUT2D eigenvalue weighted by Gasteiger charge is 2.01. The Morgan fingerprint density at radius 1 is 1.06 bits per heavy atom. The van der Waals surface area contributed by atoms with Gasteiger partial charge in [0.1, 0.15) is 5.78 Å². The first kappa shape index (κ1) is 14.9. The molecule has 0 aliphatic heterocycles. The van der Waals surface area contributed by atoms with E-state index in [1.165, 1.54) is 12.0 Å². The number of hydrogen-bond donors (Lipinski definition) is 0. The van der Waals surface area contributed by atoms with E-state index in [0.29, 0.717) is 25.4 Å². The van der Waals surface area contributed by atoms with Gasteiger partial charge >= 0.3 is 0 Å². The van der Waals surface area contributed by atoms with Crippen molar-refractivity contribution in [2.45, 2.75) is 52.1 Å². The smallest absolute Gasteiger partial charge is 0.132 e. The summed E-state index contributed by atoms with van der Waals surface area (Å²) in [5.74, 6) is 0.381. The van der Waals surface area contributed by atoms with E-state index in [1.54, 1.807) is 0 Å². The molecule has 0 unspecified atom stereocenters. The highest BCUT2D eigenvalue weighted by Crippen LogP contribution is 2.05. The summed E-state index contributed by atoms with van der Waals surface area (Å²) in [6.07, 6.45) is 5.63. The molecule has 2 nitrogen and oxygen atoms in total. The maximum atomic E-state index is 11.5. The van der Waals surface area contributed by atoms with Crippen molar-refractivity contribution in [1.29, 1.82) is 0 Å². The average Bonchev–Trinajstić information content (AvgIpc) is 2.40. The molecule has 0 radical (unpaired) electrons. The maximum Gasteiger partial charge on any atom is 0.132 e. The molecule has 0 aliphatic carbocycles. The third-order valence-electron chi connectivity index (χ3n) is 2.92. The Kier molecular flexibility index (Phi) is 8.15. The van der Waals surface area contributed by atoms with Gasteiger partial charge in [-0.05, 0) is 18.4 Å². The SMILES string of the molecule is CCCCCC(=O)CCCOCc1ccccc1. The Hall–Kier alpha value is -1.15. The minimum absolute atomic E-state index is 0.381. The van der Waals surface area contributed by atoms with Gasteiger partial charge in [-0.25, -0.2) is 0 Å². The molecule has 1 aromatic carbocycles. The minimum Gasteiger partial charge on any atom is -0.377 e. The Balaban J connectivity index is 1.97. The zero-order valence-electron chi connectivity index (χ0n) is 11.4. The van der Waals surface area contributed by atoms with Crippen molar-refractivity contribution in [2.24, 2.45) is 0 Å². The topological polar surface area (TPSA) is 26.3 Å². The molecular weight excluding hydrogens is 224 g/mol. The van der Waals surface area contributed by atoms with Crippen LogP contribution in [-0.2, 0) is 16.1 Å². The van der Waals surface area contributed by atoms with E-state index in [2.05, 4.69) is 19.1 Å². The van der Waals surface area contributed by atoms with E-state index in [-0.39, 0.29) is 0 Å². The Morgan fingerprint density at radius 3 is 2.50 bits per heavy atom. The summed E-state index contributed by atoms with van der Waals surface area (Å²) in [5, 5.41) is 0. The van der Waals surface area contributed by atoms with E-state index in [0.717, 1.165) is 25.7 Å². The largest absolute Gasteiger partial charge is 0.377 e. The molecule has 0 spiro atoms. The fraction of sp³-hybridized carbons (Fsp3) is 0.562. The predicted octanol–water partition coefficient (Wildman–Crippen LogP) is 4.13. The summed E-state index contributed by atoms with van der Waals surface area (Å²) < 4.78 is 5.54. The van der Waals surface area contributed by atoms with Crippen LogP contribution in [0.4, 0.5) is 0 Å². The van der Waals surface area contributed by atoms with Crippen molar-refractivity contribution in [3.05, 3.63) is 35.9 Å². The van der Waals surface area contributed by atoms with Crippen molar-refractivity contribution in [1.82, 2.24) is 0 Å². The molecule has 0 saturated carbocycles. The molecular formula is C16H24O2. The standard InChI is InChI=1S/C16H24O2/c1-2-3-5-11-16(17)12-8-13-18-14-15-9-6-4-7-10-15/h4,6-7,9-10H,2-3,5,8,11-14H2,1H3. The summed E-state index contributed by atoms with van der Waals surface area (Å²) in [4.78, 5) is 11.5. The van der Waals surface area contributed by atoms with Crippen LogP contribution < -0.4 is 0 Å². The van der Waals surface area contributed by atoms with Gasteiger partial charge in [-0.1, -0.05) is 50.1 Å². The Morgan fingerprint density at radius 2 is 1.78 bits per heavy atom. The van der Waals surface area contributed by atoms with Gasteiger partial charge in [0.2, 0.25) is 0 Å². The fourth-order valence-electron chi connectivity index (χ4n) is 1.83. The lowest BCUT2D eigenvalue weighted by atomic mass is 10.1. The molecule has 0 bridgehead atoms.